The summed E-state index contributed by atoms with van der Waals surface area (Å²) in [5.74, 6) is -0.879. The van der Waals surface area contributed by atoms with Crippen molar-refractivity contribution in [2.24, 2.45) is 0 Å². The molecule has 5 heteroatoms. The highest BCUT2D eigenvalue weighted by atomic mass is 35.5. The van der Waals surface area contributed by atoms with Crippen LogP contribution < -0.4 is 0 Å². The summed E-state index contributed by atoms with van der Waals surface area (Å²) < 4.78 is 0. The van der Waals surface area contributed by atoms with E-state index in [1.165, 1.54) is 25.9 Å². The van der Waals surface area contributed by atoms with E-state index in [9.17, 15) is 4.79 Å². The molecule has 1 aromatic carbocycles. The number of aliphatic hydroxyl groups is 1. The Morgan fingerprint density at radius 3 is 2.16 bits per heavy atom. The average Bonchev–Trinajstić information content (AvgIpc) is 2.83. The second kappa shape index (κ2) is 9.78. The lowest BCUT2D eigenvalue weighted by molar-refractivity contribution is 0.0697. The van der Waals surface area contributed by atoms with Gasteiger partial charge < -0.3 is 15.1 Å². The maximum atomic E-state index is 10.2. The second-order valence-electron chi connectivity index (χ2n) is 4.53. The molecule has 0 aromatic heterocycles. The Morgan fingerprint density at radius 1 is 1.26 bits per heavy atom. The predicted octanol–water partition coefficient (Wildman–Crippen LogP) is 2.27. The van der Waals surface area contributed by atoms with Gasteiger partial charge in [-0.2, -0.15) is 0 Å². The van der Waals surface area contributed by atoms with Gasteiger partial charge in [-0.1, -0.05) is 18.2 Å². The number of carboxylic acids is 1. The zero-order valence-corrected chi connectivity index (χ0v) is 12.0. The number of carbonyl (C=O) groups is 1. The van der Waals surface area contributed by atoms with Gasteiger partial charge >= 0.3 is 5.97 Å². The maximum Gasteiger partial charge on any atom is 0.335 e. The second-order valence-corrected chi connectivity index (χ2v) is 4.53. The number of aromatic carboxylic acids is 1. The molecule has 0 amide bonds. The number of carboxylic acid groups (broad SMARTS) is 1. The number of hydrogen-bond acceptors (Lipinski definition) is 3. The number of aliphatic hydroxyl groups excluding tert-OH is 1. The molecule has 0 aliphatic carbocycles. The lowest BCUT2D eigenvalue weighted by atomic mass is 10.2. The fraction of sp³-hybridized carbons (Fsp3) is 0.500. The van der Waals surface area contributed by atoms with Crippen molar-refractivity contribution < 1.29 is 15.0 Å². The van der Waals surface area contributed by atoms with Crippen molar-refractivity contribution in [2.45, 2.75) is 25.9 Å². The minimum Gasteiger partial charge on any atom is -0.478 e. The van der Waals surface area contributed by atoms with Gasteiger partial charge in [0, 0.05) is 6.54 Å². The third-order valence-corrected chi connectivity index (χ3v) is 2.74. The first-order chi connectivity index (χ1) is 8.59. The molecule has 0 bridgehead atoms. The fourth-order valence-corrected chi connectivity index (χ4v) is 1.92. The zero-order chi connectivity index (χ0) is 13.4. The number of β-amino-alcohol motifs (C(OH)–C–C–N with tert-alkyl or cyclic N) is 1. The molecule has 19 heavy (non-hydrogen) atoms. The van der Waals surface area contributed by atoms with Crippen molar-refractivity contribution in [3.05, 3.63) is 35.9 Å². The van der Waals surface area contributed by atoms with Crippen LogP contribution in [0.1, 0.15) is 30.1 Å². The molecule has 0 spiro atoms. The van der Waals surface area contributed by atoms with Gasteiger partial charge in [-0.05, 0) is 45.0 Å². The molecule has 108 valence electrons. The van der Waals surface area contributed by atoms with Gasteiger partial charge in [-0.15, -0.1) is 12.4 Å². The van der Waals surface area contributed by atoms with Crippen molar-refractivity contribution in [2.75, 3.05) is 19.6 Å². The molecule has 2 N–H and O–H groups in total. The van der Waals surface area contributed by atoms with Crippen LogP contribution in [0.5, 0.6) is 0 Å². The first kappa shape index (κ1) is 17.9. The number of benzene rings is 1. The monoisotopic (exact) mass is 287 g/mol. The first-order valence-corrected chi connectivity index (χ1v) is 6.28. The third kappa shape index (κ3) is 7.82. The quantitative estimate of drug-likeness (QED) is 0.895. The summed E-state index contributed by atoms with van der Waals surface area (Å²) in [7, 11) is 0. The molecule has 1 atom stereocenters. The van der Waals surface area contributed by atoms with E-state index in [2.05, 4.69) is 4.90 Å². The molecule has 0 radical (unpaired) electrons. The van der Waals surface area contributed by atoms with Gasteiger partial charge in [0.2, 0.25) is 0 Å². The molecule has 1 aliphatic rings. The lowest BCUT2D eigenvalue weighted by Crippen LogP contribution is -2.27. The van der Waals surface area contributed by atoms with Crippen LogP contribution >= 0.6 is 12.4 Å². The Hall–Kier alpha value is -1.10. The number of halogens is 1. The Balaban J connectivity index is 0.000000324. The maximum absolute atomic E-state index is 10.2. The van der Waals surface area contributed by atoms with Crippen LogP contribution in [0.3, 0.4) is 0 Å². The molecule has 1 fully saturated rings. The van der Waals surface area contributed by atoms with Crippen LogP contribution in [-0.2, 0) is 0 Å². The Bertz CT molecular complexity index is 351. The molecule has 2 rings (SSSR count). The van der Waals surface area contributed by atoms with E-state index in [1.807, 2.05) is 6.92 Å². The average molecular weight is 288 g/mol. The number of nitrogens with zero attached hydrogens (tertiary/aromatic N) is 1. The molecule has 1 aromatic rings. The normalized spacial score (nSPS) is 15.9. The van der Waals surface area contributed by atoms with E-state index in [4.69, 9.17) is 10.2 Å². The Kier molecular flexibility index (Phi) is 9.21. The van der Waals surface area contributed by atoms with E-state index in [0.29, 0.717) is 5.56 Å². The van der Waals surface area contributed by atoms with Gasteiger partial charge in [0.15, 0.2) is 0 Å². The number of rotatable bonds is 3. The minimum absolute atomic E-state index is 0. The summed E-state index contributed by atoms with van der Waals surface area (Å²) >= 11 is 0. The van der Waals surface area contributed by atoms with E-state index in [-0.39, 0.29) is 18.5 Å². The SMILES string of the molecule is CC(O)CN1CCCC1.Cl.O=C(O)c1ccccc1. The van der Waals surface area contributed by atoms with E-state index < -0.39 is 5.97 Å². The Morgan fingerprint density at radius 2 is 1.79 bits per heavy atom. The van der Waals surface area contributed by atoms with E-state index in [1.54, 1.807) is 30.3 Å². The molecule has 4 nitrogen and oxygen atoms in total. The molecule has 1 saturated heterocycles. The molecule has 1 aliphatic heterocycles. The molecule has 1 heterocycles. The van der Waals surface area contributed by atoms with Gasteiger partial charge in [-0.3, -0.25) is 0 Å². The third-order valence-electron chi connectivity index (χ3n) is 2.74. The van der Waals surface area contributed by atoms with Gasteiger partial charge in [0.05, 0.1) is 11.7 Å². The highest BCUT2D eigenvalue weighted by Gasteiger charge is 2.12. The fourth-order valence-electron chi connectivity index (χ4n) is 1.92. The van der Waals surface area contributed by atoms with Crippen LogP contribution in [0, 0.1) is 0 Å². The summed E-state index contributed by atoms with van der Waals surface area (Å²) in [4.78, 5) is 12.5. The molecule has 1 unspecified atom stereocenters. The van der Waals surface area contributed by atoms with Crippen LogP contribution in [0.2, 0.25) is 0 Å². The van der Waals surface area contributed by atoms with E-state index in [0.717, 1.165) is 6.54 Å². The van der Waals surface area contributed by atoms with Crippen molar-refractivity contribution in [3.8, 4) is 0 Å². The summed E-state index contributed by atoms with van der Waals surface area (Å²) in [6, 6.07) is 8.30. The Labute approximate surface area is 120 Å². The first-order valence-electron chi connectivity index (χ1n) is 6.28. The zero-order valence-electron chi connectivity index (χ0n) is 11.2. The lowest BCUT2D eigenvalue weighted by Gasteiger charge is -2.15. The van der Waals surface area contributed by atoms with Crippen molar-refractivity contribution in [3.63, 3.8) is 0 Å². The summed E-state index contributed by atoms with van der Waals surface area (Å²) in [5.41, 5.74) is 0.331. The highest BCUT2D eigenvalue weighted by molar-refractivity contribution is 5.87. The highest BCUT2D eigenvalue weighted by Crippen LogP contribution is 2.06. The van der Waals surface area contributed by atoms with Crippen molar-refractivity contribution in [1.29, 1.82) is 0 Å². The van der Waals surface area contributed by atoms with Gasteiger partial charge in [0.25, 0.3) is 0 Å². The molecule has 0 saturated carbocycles. The van der Waals surface area contributed by atoms with Crippen LogP contribution in [0.4, 0.5) is 0 Å². The largest absolute Gasteiger partial charge is 0.478 e. The van der Waals surface area contributed by atoms with Gasteiger partial charge in [-0.25, -0.2) is 4.79 Å². The van der Waals surface area contributed by atoms with E-state index >= 15 is 0 Å². The van der Waals surface area contributed by atoms with Crippen molar-refractivity contribution >= 4 is 18.4 Å². The smallest absolute Gasteiger partial charge is 0.335 e. The number of hydrogen-bond donors (Lipinski definition) is 2. The summed E-state index contributed by atoms with van der Waals surface area (Å²) in [6.45, 7) is 5.08. The topological polar surface area (TPSA) is 60.8 Å². The van der Waals surface area contributed by atoms with Crippen LogP contribution in [0.25, 0.3) is 0 Å². The van der Waals surface area contributed by atoms with Crippen molar-refractivity contribution in [1.82, 2.24) is 4.90 Å². The molecular formula is C14H22ClNO3. The minimum atomic E-state index is -0.879. The summed E-state index contributed by atoms with van der Waals surface area (Å²) in [5, 5.41) is 17.4. The number of likely N-dealkylation sites (tertiary alicyclic amines) is 1. The van der Waals surface area contributed by atoms with Gasteiger partial charge in [0.1, 0.15) is 0 Å². The predicted molar refractivity (Wildman–Crippen MR) is 78.0 cm³/mol. The van der Waals surface area contributed by atoms with Crippen LogP contribution in [0.15, 0.2) is 30.3 Å². The van der Waals surface area contributed by atoms with Crippen LogP contribution in [-0.4, -0.2) is 46.8 Å². The standard InChI is InChI=1S/C7H15NO.C7H6O2.ClH/c1-7(9)6-8-4-2-3-5-8;8-7(9)6-4-2-1-3-5-6;/h7,9H,2-6H2,1H3;1-5H,(H,8,9);1H. The molecular weight excluding hydrogens is 266 g/mol. The summed E-state index contributed by atoms with van der Waals surface area (Å²) in [6.07, 6.45) is 2.47.